The number of nitrogens with zero attached hydrogens (tertiary/aromatic N) is 4. The Balaban J connectivity index is 1.61. The fourth-order valence-corrected chi connectivity index (χ4v) is 3.67. The summed E-state index contributed by atoms with van der Waals surface area (Å²) in [6, 6.07) is 8.19. The number of nitrogens with one attached hydrogen (secondary N) is 2. The number of hydrogen-bond acceptors (Lipinski definition) is 4. The van der Waals surface area contributed by atoms with Gasteiger partial charge in [-0.15, -0.1) is 10.2 Å². The first-order valence-corrected chi connectivity index (χ1v) is 11.1. The lowest BCUT2D eigenvalue weighted by atomic mass is 9.86. The van der Waals surface area contributed by atoms with Crippen LogP contribution in [0.5, 0.6) is 0 Å². The normalized spacial score (nSPS) is 16.0. The first kappa shape index (κ1) is 22.3. The molecule has 2 heterocycles. The molecule has 7 nitrogen and oxygen atoms in total. The quantitative estimate of drug-likeness (QED) is 0.501. The number of aliphatic hydroxyl groups excluding tert-OH is 1. The number of fused-ring (bicyclic) bond motifs is 1. The standard InChI is InChI=1S/C23H36N6O/c1-5-24-22(26-16-21-28-27-20-9-7-6-8-14-29(20)21)25-15-19(30)17-10-12-18(13-11-17)23(2,3)4/h10-13,19,30H,5-9,14-16H2,1-4H3,(H2,24,25,26). The molecule has 3 rings (SSSR count). The largest absolute Gasteiger partial charge is 0.387 e. The molecule has 7 heteroatoms. The average molecular weight is 413 g/mol. The highest BCUT2D eigenvalue weighted by molar-refractivity contribution is 5.79. The van der Waals surface area contributed by atoms with Gasteiger partial charge in [-0.2, -0.15) is 0 Å². The predicted octanol–water partition coefficient (Wildman–Crippen LogP) is 3.09. The van der Waals surface area contributed by atoms with Crippen molar-refractivity contribution < 1.29 is 5.11 Å². The Bertz CT molecular complexity index is 834. The summed E-state index contributed by atoms with van der Waals surface area (Å²) >= 11 is 0. The lowest BCUT2D eigenvalue weighted by Crippen LogP contribution is -2.39. The van der Waals surface area contributed by atoms with Crippen molar-refractivity contribution in [3.05, 3.63) is 47.0 Å². The van der Waals surface area contributed by atoms with Gasteiger partial charge >= 0.3 is 0 Å². The van der Waals surface area contributed by atoms with E-state index in [1.165, 1.54) is 24.8 Å². The third-order valence-electron chi connectivity index (χ3n) is 5.53. The van der Waals surface area contributed by atoms with Crippen LogP contribution in [0.1, 0.15) is 75.8 Å². The zero-order valence-electron chi connectivity index (χ0n) is 18.8. The number of rotatable bonds is 6. The van der Waals surface area contributed by atoms with E-state index in [9.17, 15) is 5.11 Å². The van der Waals surface area contributed by atoms with Gasteiger partial charge in [-0.1, -0.05) is 51.5 Å². The summed E-state index contributed by atoms with van der Waals surface area (Å²) < 4.78 is 2.21. The molecule has 1 aliphatic heterocycles. The Hall–Kier alpha value is -2.41. The van der Waals surface area contributed by atoms with Gasteiger partial charge in [0.25, 0.3) is 0 Å². The summed E-state index contributed by atoms with van der Waals surface area (Å²) in [5.74, 6) is 2.65. The van der Waals surface area contributed by atoms with E-state index in [2.05, 4.69) is 63.3 Å². The summed E-state index contributed by atoms with van der Waals surface area (Å²) in [7, 11) is 0. The molecule has 164 valence electrons. The minimum Gasteiger partial charge on any atom is -0.387 e. The molecular formula is C23H36N6O. The molecule has 0 saturated heterocycles. The van der Waals surface area contributed by atoms with Crippen LogP contribution in [0, 0.1) is 0 Å². The van der Waals surface area contributed by atoms with Crippen molar-refractivity contribution >= 4 is 5.96 Å². The van der Waals surface area contributed by atoms with Crippen molar-refractivity contribution in [3.8, 4) is 0 Å². The Labute approximate surface area is 180 Å². The molecule has 30 heavy (non-hydrogen) atoms. The van der Waals surface area contributed by atoms with E-state index in [0.717, 1.165) is 36.7 Å². The van der Waals surface area contributed by atoms with E-state index in [1.54, 1.807) is 0 Å². The van der Waals surface area contributed by atoms with Crippen LogP contribution in [0.2, 0.25) is 0 Å². The van der Waals surface area contributed by atoms with Gasteiger partial charge in [-0.05, 0) is 36.3 Å². The molecule has 1 aliphatic rings. The van der Waals surface area contributed by atoms with Crippen LogP contribution in [0.4, 0.5) is 0 Å². The Morgan fingerprint density at radius 3 is 2.60 bits per heavy atom. The molecule has 0 fully saturated rings. The molecule has 0 saturated carbocycles. The summed E-state index contributed by atoms with van der Waals surface area (Å²) in [4.78, 5) is 4.67. The predicted molar refractivity (Wildman–Crippen MR) is 120 cm³/mol. The fraction of sp³-hybridized carbons (Fsp3) is 0.609. The van der Waals surface area contributed by atoms with E-state index in [0.29, 0.717) is 19.0 Å². The van der Waals surface area contributed by atoms with Crippen molar-refractivity contribution in [2.24, 2.45) is 4.99 Å². The van der Waals surface area contributed by atoms with E-state index < -0.39 is 6.10 Å². The summed E-state index contributed by atoms with van der Waals surface area (Å²) in [5, 5.41) is 25.8. The molecule has 0 bridgehead atoms. The Morgan fingerprint density at radius 1 is 1.13 bits per heavy atom. The third-order valence-corrected chi connectivity index (χ3v) is 5.53. The van der Waals surface area contributed by atoms with Crippen LogP contribution in [0.25, 0.3) is 0 Å². The van der Waals surface area contributed by atoms with E-state index in [1.807, 2.05) is 19.1 Å². The van der Waals surface area contributed by atoms with Crippen LogP contribution >= 0.6 is 0 Å². The third kappa shape index (κ3) is 5.81. The van der Waals surface area contributed by atoms with Crippen molar-refractivity contribution in [1.82, 2.24) is 25.4 Å². The van der Waals surface area contributed by atoms with Crippen molar-refractivity contribution in [2.75, 3.05) is 13.1 Å². The lowest BCUT2D eigenvalue weighted by Gasteiger charge is -2.20. The molecule has 2 aromatic rings. The topological polar surface area (TPSA) is 87.4 Å². The summed E-state index contributed by atoms with van der Waals surface area (Å²) in [6.45, 7) is 11.2. The number of hydrogen-bond donors (Lipinski definition) is 3. The Morgan fingerprint density at radius 2 is 1.90 bits per heavy atom. The van der Waals surface area contributed by atoms with Crippen LogP contribution in [0.15, 0.2) is 29.3 Å². The lowest BCUT2D eigenvalue weighted by molar-refractivity contribution is 0.181. The van der Waals surface area contributed by atoms with Crippen LogP contribution in [0.3, 0.4) is 0 Å². The number of aromatic nitrogens is 3. The second kappa shape index (κ2) is 10.1. The highest BCUT2D eigenvalue weighted by atomic mass is 16.3. The summed E-state index contributed by atoms with van der Waals surface area (Å²) in [6.07, 6.45) is 3.98. The van der Waals surface area contributed by atoms with Crippen LogP contribution in [-0.2, 0) is 24.9 Å². The number of aliphatic hydroxyl groups is 1. The van der Waals surface area contributed by atoms with Gasteiger partial charge in [0.2, 0.25) is 0 Å². The van der Waals surface area contributed by atoms with Crippen LogP contribution in [-0.4, -0.2) is 38.9 Å². The fourth-order valence-electron chi connectivity index (χ4n) is 3.67. The zero-order valence-corrected chi connectivity index (χ0v) is 18.8. The first-order valence-electron chi connectivity index (χ1n) is 11.1. The maximum atomic E-state index is 10.6. The zero-order chi connectivity index (χ0) is 21.6. The molecule has 0 aliphatic carbocycles. The SMILES string of the molecule is CCNC(=NCc1nnc2n1CCCCC2)NCC(O)c1ccc(C(C)(C)C)cc1. The first-order chi connectivity index (χ1) is 14.4. The molecule has 1 unspecified atom stereocenters. The van der Waals surface area contributed by atoms with E-state index in [-0.39, 0.29) is 5.41 Å². The molecule has 0 radical (unpaired) electrons. The number of aliphatic imine (C=N–C) groups is 1. The van der Waals surface area contributed by atoms with Crippen molar-refractivity contribution in [2.45, 2.75) is 78.0 Å². The van der Waals surface area contributed by atoms with Crippen LogP contribution < -0.4 is 10.6 Å². The van der Waals surface area contributed by atoms with Gasteiger partial charge in [0.05, 0.1) is 6.10 Å². The molecule has 3 N–H and O–H groups in total. The van der Waals surface area contributed by atoms with E-state index in [4.69, 9.17) is 0 Å². The second-order valence-corrected chi connectivity index (χ2v) is 8.96. The summed E-state index contributed by atoms with van der Waals surface area (Å²) in [5.41, 5.74) is 2.26. The monoisotopic (exact) mass is 412 g/mol. The van der Waals surface area contributed by atoms with Gasteiger partial charge < -0.3 is 20.3 Å². The van der Waals surface area contributed by atoms with Crippen molar-refractivity contribution in [1.29, 1.82) is 0 Å². The maximum absolute atomic E-state index is 10.6. The average Bonchev–Trinajstić information content (AvgIpc) is 2.95. The van der Waals surface area contributed by atoms with Gasteiger partial charge in [-0.3, -0.25) is 0 Å². The van der Waals surface area contributed by atoms with Gasteiger partial charge in [0, 0.05) is 26.1 Å². The van der Waals surface area contributed by atoms with E-state index >= 15 is 0 Å². The smallest absolute Gasteiger partial charge is 0.191 e. The van der Waals surface area contributed by atoms with Crippen molar-refractivity contribution in [3.63, 3.8) is 0 Å². The molecule has 1 atom stereocenters. The molecule has 1 aromatic heterocycles. The van der Waals surface area contributed by atoms with Gasteiger partial charge in [0.1, 0.15) is 12.4 Å². The van der Waals surface area contributed by atoms with Gasteiger partial charge in [0.15, 0.2) is 11.8 Å². The highest BCUT2D eigenvalue weighted by Gasteiger charge is 2.16. The second-order valence-electron chi connectivity index (χ2n) is 8.96. The number of guanidine groups is 1. The maximum Gasteiger partial charge on any atom is 0.191 e. The minimum atomic E-state index is -0.604. The Kier molecular flexibility index (Phi) is 7.48. The van der Waals surface area contributed by atoms with Gasteiger partial charge in [-0.25, -0.2) is 4.99 Å². The molecule has 0 amide bonds. The molecular weight excluding hydrogens is 376 g/mol. The number of aryl methyl sites for hydroxylation is 1. The minimum absolute atomic E-state index is 0.104. The highest BCUT2D eigenvalue weighted by Crippen LogP contribution is 2.23. The molecule has 1 aromatic carbocycles. The number of benzene rings is 1. The molecule has 0 spiro atoms.